The van der Waals surface area contributed by atoms with Gasteiger partial charge in [0.2, 0.25) is 0 Å². The highest BCUT2D eigenvalue weighted by Gasteiger charge is 2.31. The molecule has 0 radical (unpaired) electrons. The number of halogens is 3. The van der Waals surface area contributed by atoms with Crippen molar-refractivity contribution in [2.45, 2.75) is 31.7 Å². The summed E-state index contributed by atoms with van der Waals surface area (Å²) in [6, 6.07) is 4.17. The fraction of sp³-hybridized carbons (Fsp3) is 0.350. The molecule has 4 aromatic rings. The number of aromatic nitrogens is 7. The molecular formula is C20H19F3N8O. The van der Waals surface area contributed by atoms with Crippen LogP contribution in [0.3, 0.4) is 0 Å². The van der Waals surface area contributed by atoms with Gasteiger partial charge in [-0.05, 0) is 31.0 Å². The lowest BCUT2D eigenvalue weighted by Crippen LogP contribution is -2.37. The molecule has 5 heterocycles. The van der Waals surface area contributed by atoms with Crippen LogP contribution in [0.2, 0.25) is 0 Å². The quantitative estimate of drug-likeness (QED) is 0.517. The molecule has 1 aliphatic heterocycles. The monoisotopic (exact) mass is 444 g/mol. The first kappa shape index (κ1) is 20.4. The zero-order valence-electron chi connectivity index (χ0n) is 16.8. The fourth-order valence-corrected chi connectivity index (χ4v) is 3.91. The number of anilines is 1. The third-order valence-electron chi connectivity index (χ3n) is 5.52. The van der Waals surface area contributed by atoms with Crippen LogP contribution in [0, 0.1) is 0 Å². The first-order valence-electron chi connectivity index (χ1n) is 10.1. The van der Waals surface area contributed by atoms with Crippen LogP contribution < -0.4 is 4.90 Å². The number of hydrogen-bond donors (Lipinski definition) is 1. The van der Waals surface area contributed by atoms with Crippen molar-refractivity contribution in [1.82, 2.24) is 34.3 Å². The lowest BCUT2D eigenvalue weighted by atomic mass is 10.1. The minimum atomic E-state index is -4.46. The van der Waals surface area contributed by atoms with E-state index in [0.717, 1.165) is 31.6 Å². The van der Waals surface area contributed by atoms with Crippen LogP contribution in [-0.4, -0.2) is 52.5 Å². The Balaban J connectivity index is 1.45. The van der Waals surface area contributed by atoms with Gasteiger partial charge in [-0.1, -0.05) is 5.21 Å². The third kappa shape index (κ3) is 3.77. The molecule has 1 atom stereocenters. The molecule has 32 heavy (non-hydrogen) atoms. The summed E-state index contributed by atoms with van der Waals surface area (Å²) in [5, 5.41) is 17.3. The number of piperidine rings is 1. The van der Waals surface area contributed by atoms with Crippen molar-refractivity contribution in [3.63, 3.8) is 0 Å². The Labute approximate surface area is 180 Å². The van der Waals surface area contributed by atoms with Crippen molar-refractivity contribution >= 4 is 11.5 Å². The Hall–Kier alpha value is -3.54. The van der Waals surface area contributed by atoms with E-state index in [0.29, 0.717) is 35.2 Å². The van der Waals surface area contributed by atoms with Gasteiger partial charge in [-0.2, -0.15) is 13.2 Å². The zero-order valence-corrected chi connectivity index (χ0v) is 16.8. The van der Waals surface area contributed by atoms with E-state index in [1.54, 1.807) is 23.1 Å². The smallest absolute Gasteiger partial charge is 0.390 e. The molecule has 1 N–H and O–H groups in total. The largest absolute Gasteiger partial charge is 0.417 e. The van der Waals surface area contributed by atoms with Crippen molar-refractivity contribution in [3.05, 3.63) is 54.2 Å². The van der Waals surface area contributed by atoms with E-state index in [4.69, 9.17) is 0 Å². The molecule has 0 spiro atoms. The maximum atomic E-state index is 13.2. The van der Waals surface area contributed by atoms with Crippen molar-refractivity contribution in [1.29, 1.82) is 0 Å². The van der Waals surface area contributed by atoms with E-state index >= 15 is 0 Å². The highest BCUT2D eigenvalue weighted by Crippen LogP contribution is 2.31. The second-order valence-corrected chi connectivity index (χ2v) is 7.62. The highest BCUT2D eigenvalue weighted by atomic mass is 19.4. The van der Waals surface area contributed by atoms with Crippen molar-refractivity contribution in [2.24, 2.45) is 0 Å². The van der Waals surface area contributed by atoms with Gasteiger partial charge in [0.1, 0.15) is 22.9 Å². The lowest BCUT2D eigenvalue weighted by molar-refractivity contribution is -0.137. The summed E-state index contributed by atoms with van der Waals surface area (Å²) in [7, 11) is 0. The van der Waals surface area contributed by atoms with Crippen LogP contribution in [0.1, 0.15) is 30.1 Å². The van der Waals surface area contributed by atoms with Crippen molar-refractivity contribution < 1.29 is 18.3 Å². The minimum Gasteiger partial charge on any atom is -0.390 e. The SMILES string of the molecule is OCc1cn(C2CCCN(c3ccnc(-c4cnc5ccc(C(F)(F)F)cn45)n3)C2)nn1. The standard InChI is InChI=1S/C20H19F3N8O/c21-20(22,23)13-3-4-17-25-8-16(30(17)9-13)19-24-6-5-18(26-19)29-7-1-2-15(11-29)31-10-14(12-32)27-28-31/h3-6,8-10,15,32H,1-2,7,11-12H2. The first-order valence-corrected chi connectivity index (χ1v) is 10.1. The summed E-state index contributed by atoms with van der Waals surface area (Å²) in [4.78, 5) is 15.2. The third-order valence-corrected chi connectivity index (χ3v) is 5.52. The number of imidazole rings is 1. The Morgan fingerprint density at radius 2 is 2.00 bits per heavy atom. The maximum absolute atomic E-state index is 13.2. The molecular weight excluding hydrogens is 425 g/mol. The van der Waals surface area contributed by atoms with E-state index in [9.17, 15) is 18.3 Å². The molecule has 1 fully saturated rings. The summed E-state index contributed by atoms with van der Waals surface area (Å²) in [6.45, 7) is 1.25. The molecule has 12 heteroatoms. The summed E-state index contributed by atoms with van der Waals surface area (Å²) in [6.07, 6.45) is 3.16. The van der Waals surface area contributed by atoms with Gasteiger partial charge < -0.3 is 10.0 Å². The predicted molar refractivity (Wildman–Crippen MR) is 108 cm³/mol. The highest BCUT2D eigenvalue weighted by molar-refractivity contribution is 5.59. The molecule has 1 unspecified atom stereocenters. The number of aliphatic hydroxyl groups is 1. The summed E-state index contributed by atoms with van der Waals surface area (Å²) in [5.41, 5.74) is 0.503. The van der Waals surface area contributed by atoms with Gasteiger partial charge in [-0.25, -0.2) is 19.6 Å². The number of rotatable bonds is 4. The summed E-state index contributed by atoms with van der Waals surface area (Å²) >= 11 is 0. The van der Waals surface area contributed by atoms with Crippen molar-refractivity contribution in [3.8, 4) is 11.5 Å². The average molecular weight is 444 g/mol. The second kappa shape index (κ2) is 7.86. The predicted octanol–water partition coefficient (Wildman–Crippen LogP) is 2.74. The molecule has 9 nitrogen and oxygen atoms in total. The van der Waals surface area contributed by atoms with Gasteiger partial charge in [0, 0.05) is 25.5 Å². The molecule has 0 saturated carbocycles. The Morgan fingerprint density at radius 3 is 2.78 bits per heavy atom. The molecule has 5 rings (SSSR count). The molecule has 0 aromatic carbocycles. The summed E-state index contributed by atoms with van der Waals surface area (Å²) < 4.78 is 42.6. The van der Waals surface area contributed by atoms with Gasteiger partial charge >= 0.3 is 6.18 Å². The normalized spacial score (nSPS) is 17.2. The van der Waals surface area contributed by atoms with E-state index in [1.165, 1.54) is 16.7 Å². The average Bonchev–Trinajstić information content (AvgIpc) is 3.45. The van der Waals surface area contributed by atoms with Crippen LogP contribution >= 0.6 is 0 Å². The number of alkyl halides is 3. The molecule has 166 valence electrons. The zero-order chi connectivity index (χ0) is 22.3. The van der Waals surface area contributed by atoms with Gasteiger partial charge in [0.15, 0.2) is 5.82 Å². The summed E-state index contributed by atoms with van der Waals surface area (Å²) in [5.74, 6) is 0.962. The minimum absolute atomic E-state index is 0.0695. The number of nitrogens with zero attached hydrogens (tertiary/aromatic N) is 8. The Bertz CT molecular complexity index is 1250. The van der Waals surface area contributed by atoms with E-state index in [-0.39, 0.29) is 12.6 Å². The lowest BCUT2D eigenvalue weighted by Gasteiger charge is -2.33. The number of pyridine rings is 1. The first-order chi connectivity index (χ1) is 15.4. The Morgan fingerprint density at radius 1 is 1.12 bits per heavy atom. The molecule has 0 amide bonds. The molecule has 0 aliphatic carbocycles. The number of aliphatic hydroxyl groups excluding tert-OH is 1. The van der Waals surface area contributed by atoms with Crippen LogP contribution in [0.5, 0.6) is 0 Å². The van der Waals surface area contributed by atoms with Crippen LogP contribution in [0.4, 0.5) is 19.0 Å². The van der Waals surface area contributed by atoms with Crippen molar-refractivity contribution in [2.75, 3.05) is 18.0 Å². The van der Waals surface area contributed by atoms with Gasteiger partial charge in [-0.15, -0.1) is 5.10 Å². The van der Waals surface area contributed by atoms with Gasteiger partial charge in [0.05, 0.1) is 30.6 Å². The maximum Gasteiger partial charge on any atom is 0.417 e. The van der Waals surface area contributed by atoms with Crippen LogP contribution in [0.15, 0.2) is 43.0 Å². The Kier molecular flexibility index (Phi) is 5.00. The van der Waals surface area contributed by atoms with E-state index in [2.05, 4.69) is 30.2 Å². The van der Waals surface area contributed by atoms with Gasteiger partial charge in [-0.3, -0.25) is 4.40 Å². The van der Waals surface area contributed by atoms with E-state index < -0.39 is 11.7 Å². The van der Waals surface area contributed by atoms with Crippen LogP contribution in [0.25, 0.3) is 17.2 Å². The molecule has 4 aromatic heterocycles. The van der Waals surface area contributed by atoms with Gasteiger partial charge in [0.25, 0.3) is 0 Å². The molecule has 1 saturated heterocycles. The second-order valence-electron chi connectivity index (χ2n) is 7.62. The molecule has 0 bridgehead atoms. The number of hydrogen-bond acceptors (Lipinski definition) is 7. The molecule has 1 aliphatic rings. The number of fused-ring (bicyclic) bond motifs is 1. The van der Waals surface area contributed by atoms with E-state index in [1.807, 2.05) is 0 Å². The topological polar surface area (TPSA) is 97.3 Å². The fourth-order valence-electron chi connectivity index (χ4n) is 3.91. The van der Waals surface area contributed by atoms with Crippen LogP contribution in [-0.2, 0) is 12.8 Å².